The summed E-state index contributed by atoms with van der Waals surface area (Å²) in [6, 6.07) is 5.11. The predicted molar refractivity (Wildman–Crippen MR) is 106 cm³/mol. The molecule has 3 atom stereocenters. The second kappa shape index (κ2) is 7.51. The van der Waals surface area contributed by atoms with Gasteiger partial charge in [0.25, 0.3) is 0 Å². The van der Waals surface area contributed by atoms with Crippen LogP contribution in [0.3, 0.4) is 0 Å². The summed E-state index contributed by atoms with van der Waals surface area (Å²) in [4.78, 5) is 12.7. The van der Waals surface area contributed by atoms with Crippen molar-refractivity contribution in [2.24, 2.45) is 11.8 Å². The summed E-state index contributed by atoms with van der Waals surface area (Å²) < 4.78 is 26.9. The van der Waals surface area contributed by atoms with E-state index in [1.54, 1.807) is 18.2 Å². The number of cyclic esters (lactones) is 1. The average molecular weight is 416 g/mol. The van der Waals surface area contributed by atoms with Crippen LogP contribution in [0.4, 0.5) is 0 Å². The molecule has 1 heterocycles. The zero-order valence-electron chi connectivity index (χ0n) is 17.2. The lowest BCUT2D eigenvalue weighted by Crippen LogP contribution is -2.32. The number of esters is 1. The molecule has 2 aromatic rings. The minimum atomic E-state index is -0.496. The number of hydrogen-bond donors (Lipinski definition) is 2. The van der Waals surface area contributed by atoms with Crippen LogP contribution in [0, 0.1) is 11.8 Å². The fourth-order valence-electron chi connectivity index (χ4n) is 4.67. The number of carbonyl (C=O) groups is 1. The highest BCUT2D eigenvalue weighted by Crippen LogP contribution is 2.55. The third kappa shape index (κ3) is 2.86. The van der Waals surface area contributed by atoms with Crippen LogP contribution in [-0.2, 0) is 16.0 Å². The zero-order chi connectivity index (χ0) is 21.6. The van der Waals surface area contributed by atoms with Crippen LogP contribution in [0.15, 0.2) is 18.2 Å². The molecule has 2 aliphatic rings. The predicted octanol–water partition coefficient (Wildman–Crippen LogP) is 2.61. The second-order valence-corrected chi connectivity index (χ2v) is 7.41. The van der Waals surface area contributed by atoms with Crippen LogP contribution in [0.25, 0.3) is 0 Å². The molecule has 160 valence electrons. The molecule has 2 N–H and O–H groups in total. The van der Waals surface area contributed by atoms with Gasteiger partial charge in [0.1, 0.15) is 0 Å². The second-order valence-electron chi connectivity index (χ2n) is 7.41. The van der Waals surface area contributed by atoms with Crippen LogP contribution >= 0.6 is 0 Å². The molecule has 1 aliphatic carbocycles. The van der Waals surface area contributed by atoms with Gasteiger partial charge in [0.15, 0.2) is 23.0 Å². The molecular weight excluding hydrogens is 392 g/mol. The molecule has 8 heteroatoms. The van der Waals surface area contributed by atoms with Gasteiger partial charge in [-0.05, 0) is 35.7 Å². The van der Waals surface area contributed by atoms with Gasteiger partial charge in [0, 0.05) is 17.4 Å². The third-order valence-corrected chi connectivity index (χ3v) is 6.00. The van der Waals surface area contributed by atoms with Gasteiger partial charge in [-0.2, -0.15) is 0 Å². The van der Waals surface area contributed by atoms with Crippen LogP contribution in [-0.4, -0.2) is 51.2 Å². The number of methoxy groups -OCH3 is 4. The minimum absolute atomic E-state index is 0.0419. The molecular formula is C22H24O8. The summed E-state index contributed by atoms with van der Waals surface area (Å²) in [6.45, 7) is 0.317. The number of phenolic OH excluding ortho intramolecular Hbond substituents is 2. The van der Waals surface area contributed by atoms with Crippen LogP contribution in [0.5, 0.6) is 34.5 Å². The van der Waals surface area contributed by atoms with E-state index in [2.05, 4.69) is 0 Å². The Hall–Kier alpha value is -3.29. The summed E-state index contributed by atoms with van der Waals surface area (Å²) in [6.07, 6.45) is 0.585. The molecule has 0 aromatic heterocycles. The lowest BCUT2D eigenvalue weighted by molar-refractivity contribution is -0.141. The van der Waals surface area contributed by atoms with Gasteiger partial charge in [-0.25, -0.2) is 0 Å². The largest absolute Gasteiger partial charge is 0.502 e. The van der Waals surface area contributed by atoms with Gasteiger partial charge < -0.3 is 33.9 Å². The first-order valence-electron chi connectivity index (χ1n) is 9.53. The summed E-state index contributed by atoms with van der Waals surface area (Å²) >= 11 is 0. The van der Waals surface area contributed by atoms with E-state index in [1.807, 2.05) is 0 Å². The fourth-order valence-corrected chi connectivity index (χ4v) is 4.67. The van der Waals surface area contributed by atoms with Crippen LogP contribution in [0.2, 0.25) is 0 Å². The average Bonchev–Trinajstić information content (AvgIpc) is 3.12. The molecule has 0 spiro atoms. The fraction of sp³-hybridized carbons (Fsp3) is 0.409. The lowest BCUT2D eigenvalue weighted by atomic mass is 9.67. The number of fused-ring (bicyclic) bond motifs is 2. The first-order valence-corrected chi connectivity index (χ1v) is 9.53. The normalized spacial score (nSPS) is 22.0. The van der Waals surface area contributed by atoms with E-state index in [-0.39, 0.29) is 40.6 Å². The van der Waals surface area contributed by atoms with Gasteiger partial charge in [0.05, 0.1) is 41.0 Å². The van der Waals surface area contributed by atoms with Gasteiger partial charge in [-0.15, -0.1) is 0 Å². The number of rotatable bonds is 5. The Morgan fingerprint density at radius 2 is 1.50 bits per heavy atom. The van der Waals surface area contributed by atoms with Gasteiger partial charge in [0.2, 0.25) is 11.5 Å². The number of carbonyl (C=O) groups excluding carboxylic acids is 1. The van der Waals surface area contributed by atoms with Crippen molar-refractivity contribution in [2.75, 3.05) is 35.0 Å². The maximum absolute atomic E-state index is 12.7. The topological polar surface area (TPSA) is 104 Å². The molecule has 0 bridgehead atoms. The summed E-state index contributed by atoms with van der Waals surface area (Å²) in [7, 11) is 5.82. The van der Waals surface area contributed by atoms with Crippen LogP contribution < -0.4 is 18.9 Å². The quantitative estimate of drug-likeness (QED) is 0.717. The molecule has 30 heavy (non-hydrogen) atoms. The van der Waals surface area contributed by atoms with Crippen LogP contribution in [0.1, 0.15) is 22.6 Å². The smallest absolute Gasteiger partial charge is 0.310 e. The van der Waals surface area contributed by atoms with Crippen molar-refractivity contribution in [1.29, 1.82) is 0 Å². The van der Waals surface area contributed by atoms with Crippen molar-refractivity contribution < 1.29 is 38.7 Å². The van der Waals surface area contributed by atoms with E-state index < -0.39 is 11.8 Å². The van der Waals surface area contributed by atoms with E-state index in [9.17, 15) is 15.0 Å². The Morgan fingerprint density at radius 3 is 2.07 bits per heavy atom. The molecule has 1 aliphatic heterocycles. The number of phenols is 2. The molecule has 0 amide bonds. The van der Waals surface area contributed by atoms with E-state index in [4.69, 9.17) is 23.7 Å². The van der Waals surface area contributed by atoms with E-state index in [0.29, 0.717) is 29.9 Å². The number of benzene rings is 2. The van der Waals surface area contributed by atoms with E-state index >= 15 is 0 Å². The molecule has 0 radical (unpaired) electrons. The Labute approximate surface area is 173 Å². The highest BCUT2D eigenvalue weighted by atomic mass is 16.5. The lowest BCUT2D eigenvalue weighted by Gasteiger charge is -2.35. The zero-order valence-corrected chi connectivity index (χ0v) is 17.2. The van der Waals surface area contributed by atoms with Crippen molar-refractivity contribution >= 4 is 5.97 Å². The number of hydrogen-bond acceptors (Lipinski definition) is 8. The van der Waals surface area contributed by atoms with Crippen molar-refractivity contribution in [3.05, 3.63) is 34.9 Å². The van der Waals surface area contributed by atoms with Crippen molar-refractivity contribution in [3.63, 3.8) is 0 Å². The molecule has 1 saturated heterocycles. The first-order chi connectivity index (χ1) is 14.4. The molecule has 2 aromatic carbocycles. The Bertz CT molecular complexity index is 974. The van der Waals surface area contributed by atoms with Crippen molar-refractivity contribution in [1.82, 2.24) is 0 Å². The number of ether oxygens (including phenoxy) is 5. The molecule has 4 rings (SSSR count). The monoisotopic (exact) mass is 416 g/mol. The minimum Gasteiger partial charge on any atom is -0.502 e. The third-order valence-electron chi connectivity index (χ3n) is 6.00. The highest BCUT2D eigenvalue weighted by Gasteiger charge is 2.49. The molecule has 0 unspecified atom stereocenters. The molecule has 8 nitrogen and oxygen atoms in total. The Balaban J connectivity index is 2.01. The van der Waals surface area contributed by atoms with Gasteiger partial charge >= 0.3 is 5.97 Å². The maximum atomic E-state index is 12.7. The Kier molecular flexibility index (Phi) is 5.01. The Morgan fingerprint density at radius 1 is 0.900 bits per heavy atom. The van der Waals surface area contributed by atoms with E-state index in [0.717, 1.165) is 5.56 Å². The van der Waals surface area contributed by atoms with Gasteiger partial charge in [-0.1, -0.05) is 0 Å². The first kappa shape index (κ1) is 20.0. The van der Waals surface area contributed by atoms with Gasteiger partial charge in [-0.3, -0.25) is 4.79 Å². The summed E-state index contributed by atoms with van der Waals surface area (Å²) in [5.74, 6) is -0.596. The summed E-state index contributed by atoms with van der Waals surface area (Å²) in [5.41, 5.74) is 2.27. The standard InChI is InChI=1S/C22H24O8/c1-26-13-7-11(8-14(27-2)19(13)23)16-17-10(5-12-9-30-22(25)18(12)16)6-15(28-3)20(24)21(17)29-4/h6-8,12,16,18,23-24H,5,9H2,1-4H3/t12-,16-,18-/m0/s1. The molecule has 0 saturated carbocycles. The highest BCUT2D eigenvalue weighted by molar-refractivity contribution is 5.79. The van der Waals surface area contributed by atoms with Crippen molar-refractivity contribution in [2.45, 2.75) is 12.3 Å². The summed E-state index contributed by atoms with van der Waals surface area (Å²) in [5, 5.41) is 21.0. The number of aromatic hydroxyl groups is 2. The maximum Gasteiger partial charge on any atom is 0.310 e. The van der Waals surface area contributed by atoms with E-state index in [1.165, 1.54) is 28.4 Å². The van der Waals surface area contributed by atoms with Crippen molar-refractivity contribution in [3.8, 4) is 34.5 Å². The SMILES string of the molecule is COc1cc([C@H]2c3c(cc(OC)c(O)c3OC)C[C@H]3COC(=O)[C@@H]32)cc(OC)c1O. The molecule has 1 fully saturated rings.